The molecule has 1 unspecified atom stereocenters. The van der Waals surface area contributed by atoms with Crippen LogP contribution >= 0.6 is 0 Å². The minimum Gasteiger partial charge on any atom is -0.394 e. The molecule has 0 radical (unpaired) electrons. The molecule has 6 nitrogen and oxygen atoms in total. The predicted octanol–water partition coefficient (Wildman–Crippen LogP) is 1.36. The molecule has 0 aliphatic carbocycles. The summed E-state index contributed by atoms with van der Waals surface area (Å²) in [5.41, 5.74) is 0.279. The third-order valence-electron chi connectivity index (χ3n) is 3.95. The number of nitrogens with one attached hydrogen (secondary N) is 1. The first-order valence-electron chi connectivity index (χ1n) is 7.97. The highest BCUT2D eigenvalue weighted by Crippen LogP contribution is 2.21. The minimum absolute atomic E-state index is 0.142. The van der Waals surface area contributed by atoms with Crippen LogP contribution in [0.25, 0.3) is 0 Å². The van der Waals surface area contributed by atoms with Gasteiger partial charge < -0.3 is 10.4 Å². The molecule has 1 amide bonds. The highest BCUT2D eigenvalue weighted by atomic mass is 32.2. The topological polar surface area (TPSA) is 86.7 Å². The van der Waals surface area contributed by atoms with Crippen molar-refractivity contribution >= 4 is 15.9 Å². The maximum Gasteiger partial charge on any atom is 0.251 e. The monoisotopic (exact) mass is 340 g/mol. The van der Waals surface area contributed by atoms with Gasteiger partial charge in [0.2, 0.25) is 10.0 Å². The Bertz CT molecular complexity index is 637. The van der Waals surface area contributed by atoms with E-state index in [0.717, 1.165) is 25.7 Å². The van der Waals surface area contributed by atoms with Gasteiger partial charge >= 0.3 is 0 Å². The van der Waals surface area contributed by atoms with Crippen molar-refractivity contribution in [3.63, 3.8) is 0 Å². The zero-order valence-electron chi connectivity index (χ0n) is 13.4. The van der Waals surface area contributed by atoms with Gasteiger partial charge in [-0.15, -0.1) is 0 Å². The third-order valence-corrected chi connectivity index (χ3v) is 5.85. The van der Waals surface area contributed by atoms with Crippen molar-refractivity contribution in [2.75, 3.05) is 19.7 Å². The summed E-state index contributed by atoms with van der Waals surface area (Å²) in [7, 11) is -3.57. The summed E-state index contributed by atoms with van der Waals surface area (Å²) < 4.78 is 27.0. The zero-order valence-corrected chi connectivity index (χ0v) is 14.2. The Kier molecular flexibility index (Phi) is 6.15. The number of carbonyl (C=O) groups is 1. The van der Waals surface area contributed by atoms with Gasteiger partial charge in [-0.2, -0.15) is 4.31 Å². The smallest absolute Gasteiger partial charge is 0.251 e. The second-order valence-corrected chi connectivity index (χ2v) is 7.84. The molecule has 0 aromatic heterocycles. The highest BCUT2D eigenvalue weighted by Gasteiger charge is 2.25. The van der Waals surface area contributed by atoms with E-state index in [0.29, 0.717) is 13.1 Å². The molecule has 1 fully saturated rings. The third kappa shape index (κ3) is 4.53. The second-order valence-electron chi connectivity index (χ2n) is 5.90. The Balaban J connectivity index is 2.22. The summed E-state index contributed by atoms with van der Waals surface area (Å²) in [4.78, 5) is 12.2. The van der Waals surface area contributed by atoms with E-state index in [-0.39, 0.29) is 29.0 Å². The molecule has 128 valence electrons. The normalized spacial score (nSPS) is 18.2. The van der Waals surface area contributed by atoms with Gasteiger partial charge in [0, 0.05) is 24.7 Å². The van der Waals surface area contributed by atoms with E-state index in [1.165, 1.54) is 16.4 Å². The van der Waals surface area contributed by atoms with E-state index >= 15 is 0 Å². The van der Waals surface area contributed by atoms with Crippen LogP contribution in [0.1, 0.15) is 43.0 Å². The fourth-order valence-electron chi connectivity index (χ4n) is 2.58. The molecule has 23 heavy (non-hydrogen) atoms. The first-order valence-corrected chi connectivity index (χ1v) is 9.41. The Labute approximate surface area is 137 Å². The van der Waals surface area contributed by atoms with E-state index in [1.807, 2.05) is 0 Å². The molecular formula is C16H24N2O4S. The van der Waals surface area contributed by atoms with E-state index in [9.17, 15) is 13.2 Å². The lowest BCUT2D eigenvalue weighted by molar-refractivity contribution is 0.0922. The Morgan fingerprint density at radius 1 is 1.26 bits per heavy atom. The summed E-state index contributed by atoms with van der Waals surface area (Å²) in [6, 6.07) is 5.68. The molecule has 1 aliphatic rings. The van der Waals surface area contributed by atoms with Crippen molar-refractivity contribution in [2.45, 2.75) is 43.5 Å². The summed E-state index contributed by atoms with van der Waals surface area (Å²) in [5.74, 6) is -0.389. The van der Waals surface area contributed by atoms with Crippen LogP contribution in [0.15, 0.2) is 29.2 Å². The van der Waals surface area contributed by atoms with Crippen LogP contribution < -0.4 is 5.32 Å². The first-order chi connectivity index (χ1) is 10.9. The molecule has 1 aromatic rings. The van der Waals surface area contributed by atoms with Gasteiger partial charge in [0.1, 0.15) is 0 Å². The van der Waals surface area contributed by atoms with Crippen LogP contribution in [-0.2, 0) is 10.0 Å². The summed E-state index contributed by atoms with van der Waals surface area (Å²) in [6.45, 7) is 2.56. The van der Waals surface area contributed by atoms with Crippen LogP contribution in [0.2, 0.25) is 0 Å². The molecule has 2 rings (SSSR count). The van der Waals surface area contributed by atoms with Gasteiger partial charge in [0.15, 0.2) is 0 Å². The van der Waals surface area contributed by atoms with Gasteiger partial charge in [-0.3, -0.25) is 4.79 Å². The largest absolute Gasteiger partial charge is 0.394 e. The number of rotatable bonds is 5. The Morgan fingerprint density at radius 3 is 2.52 bits per heavy atom. The molecule has 0 bridgehead atoms. The number of nitrogens with zero attached hydrogens (tertiary/aromatic N) is 1. The van der Waals surface area contributed by atoms with Crippen molar-refractivity contribution < 1.29 is 18.3 Å². The highest BCUT2D eigenvalue weighted by molar-refractivity contribution is 7.89. The molecular weight excluding hydrogens is 316 g/mol. The lowest BCUT2D eigenvalue weighted by Gasteiger charge is -2.20. The van der Waals surface area contributed by atoms with Crippen molar-refractivity contribution in [1.82, 2.24) is 9.62 Å². The van der Waals surface area contributed by atoms with Crippen LogP contribution in [0, 0.1) is 0 Å². The van der Waals surface area contributed by atoms with E-state index in [2.05, 4.69) is 5.32 Å². The molecule has 1 saturated heterocycles. The molecule has 2 N–H and O–H groups in total. The summed E-state index contributed by atoms with van der Waals surface area (Å²) in [6.07, 6.45) is 3.84. The summed E-state index contributed by atoms with van der Waals surface area (Å²) in [5, 5.41) is 11.6. The molecule has 1 aliphatic heterocycles. The fourth-order valence-corrected chi connectivity index (χ4v) is 4.15. The molecule has 1 aromatic carbocycles. The van der Waals surface area contributed by atoms with E-state index in [4.69, 9.17) is 5.11 Å². The van der Waals surface area contributed by atoms with Crippen LogP contribution in [0.3, 0.4) is 0 Å². The maximum atomic E-state index is 12.7. The molecule has 0 saturated carbocycles. The maximum absolute atomic E-state index is 12.7. The van der Waals surface area contributed by atoms with Crippen molar-refractivity contribution in [3.8, 4) is 0 Å². The molecule has 1 heterocycles. The Hall–Kier alpha value is -1.44. The SMILES string of the molecule is CC(CO)NC(=O)c1cccc(S(=O)(=O)N2CCCCCC2)c1. The average Bonchev–Trinajstić information content (AvgIpc) is 2.84. The number of amides is 1. The number of benzene rings is 1. The standard InChI is InChI=1S/C16H24N2O4S/c1-13(12-19)17-16(20)14-7-6-8-15(11-14)23(21,22)18-9-4-2-3-5-10-18/h6-8,11,13,19H,2-5,9-10,12H2,1H3,(H,17,20). The number of hydrogen-bond donors (Lipinski definition) is 2. The Morgan fingerprint density at radius 2 is 1.91 bits per heavy atom. The van der Waals surface area contributed by atoms with E-state index in [1.54, 1.807) is 19.1 Å². The van der Waals surface area contributed by atoms with Crippen LogP contribution in [0.5, 0.6) is 0 Å². The van der Waals surface area contributed by atoms with Crippen molar-refractivity contribution in [3.05, 3.63) is 29.8 Å². The predicted molar refractivity (Wildman–Crippen MR) is 87.7 cm³/mol. The van der Waals surface area contributed by atoms with Gasteiger partial charge in [-0.1, -0.05) is 18.9 Å². The molecule has 0 spiro atoms. The van der Waals surface area contributed by atoms with Gasteiger partial charge in [0.25, 0.3) is 5.91 Å². The number of aliphatic hydroxyl groups is 1. The minimum atomic E-state index is -3.57. The van der Waals surface area contributed by atoms with Gasteiger partial charge in [0.05, 0.1) is 11.5 Å². The number of hydrogen-bond acceptors (Lipinski definition) is 4. The number of carbonyl (C=O) groups excluding carboxylic acids is 1. The average molecular weight is 340 g/mol. The molecule has 7 heteroatoms. The van der Waals surface area contributed by atoms with Crippen molar-refractivity contribution in [1.29, 1.82) is 0 Å². The lowest BCUT2D eigenvalue weighted by Crippen LogP contribution is -2.35. The molecule has 1 atom stereocenters. The summed E-state index contributed by atoms with van der Waals surface area (Å²) >= 11 is 0. The van der Waals surface area contributed by atoms with Crippen LogP contribution in [0.4, 0.5) is 0 Å². The van der Waals surface area contributed by atoms with Crippen LogP contribution in [-0.4, -0.2) is 49.5 Å². The fraction of sp³-hybridized carbons (Fsp3) is 0.562. The number of aliphatic hydroxyl groups excluding tert-OH is 1. The zero-order chi connectivity index (χ0) is 16.9. The second kappa shape index (κ2) is 7.90. The number of sulfonamides is 1. The van der Waals surface area contributed by atoms with E-state index < -0.39 is 10.0 Å². The van der Waals surface area contributed by atoms with Crippen molar-refractivity contribution in [2.24, 2.45) is 0 Å². The lowest BCUT2D eigenvalue weighted by atomic mass is 10.2. The van der Waals surface area contributed by atoms with Gasteiger partial charge in [-0.05, 0) is 38.0 Å². The van der Waals surface area contributed by atoms with Gasteiger partial charge in [-0.25, -0.2) is 8.42 Å². The quantitative estimate of drug-likeness (QED) is 0.847. The first kappa shape index (κ1) is 17.9.